The number of sulfonamides is 1. The van der Waals surface area contributed by atoms with Gasteiger partial charge in [-0.15, -0.1) is 0 Å². The van der Waals surface area contributed by atoms with Crippen molar-refractivity contribution in [2.24, 2.45) is 5.14 Å². The lowest BCUT2D eigenvalue weighted by molar-refractivity contribution is 0.461. The molecule has 1 fully saturated rings. The molecule has 12 heteroatoms. The SMILES string of the molecule is CC.CCn1cnc2c(NCc3ccc(Br)cc3)nc(NC3CCCCC3)nc21.CN(C)c1cccc2c(S(N)(=O)=O)cccc12. The molecule has 2 heterocycles. The minimum atomic E-state index is -3.69. The molecule has 10 nitrogen and oxygen atoms in total. The number of anilines is 3. The van der Waals surface area contributed by atoms with Crippen molar-refractivity contribution in [2.45, 2.75) is 76.9 Å². The zero-order valence-corrected chi connectivity index (χ0v) is 29.7. The van der Waals surface area contributed by atoms with Gasteiger partial charge in [0.1, 0.15) is 0 Å². The molecule has 1 saturated carbocycles. The van der Waals surface area contributed by atoms with E-state index in [-0.39, 0.29) is 4.90 Å². The molecule has 0 aliphatic heterocycles. The zero-order valence-electron chi connectivity index (χ0n) is 27.3. The van der Waals surface area contributed by atoms with Crippen molar-refractivity contribution in [3.05, 3.63) is 77.0 Å². The minimum Gasteiger partial charge on any atom is -0.377 e. The highest BCUT2D eigenvalue weighted by atomic mass is 79.9. The topological polar surface area (TPSA) is 131 Å². The lowest BCUT2D eigenvalue weighted by atomic mass is 9.96. The van der Waals surface area contributed by atoms with Crippen molar-refractivity contribution >= 4 is 65.3 Å². The van der Waals surface area contributed by atoms with Gasteiger partial charge in [0, 0.05) is 54.2 Å². The number of rotatable bonds is 8. The van der Waals surface area contributed by atoms with Gasteiger partial charge in [0.25, 0.3) is 0 Å². The average molecular weight is 710 g/mol. The molecule has 1 aliphatic rings. The maximum atomic E-state index is 11.5. The Morgan fingerprint density at radius 1 is 0.957 bits per heavy atom. The molecule has 0 amide bonds. The molecule has 1 aliphatic carbocycles. The summed E-state index contributed by atoms with van der Waals surface area (Å²) in [7, 11) is 0.140. The number of nitrogens with one attached hydrogen (secondary N) is 2. The van der Waals surface area contributed by atoms with Gasteiger partial charge in [-0.1, -0.05) is 85.4 Å². The molecule has 0 spiro atoms. The molecule has 0 atom stereocenters. The van der Waals surface area contributed by atoms with Crippen molar-refractivity contribution in [3.63, 3.8) is 0 Å². The molecular weight excluding hydrogens is 664 g/mol. The molecular formula is C34H45BrN8O2S. The number of halogens is 1. The number of aryl methyl sites for hydroxylation is 1. The van der Waals surface area contributed by atoms with Crippen LogP contribution in [0, 0.1) is 0 Å². The van der Waals surface area contributed by atoms with Crippen LogP contribution >= 0.6 is 15.9 Å². The molecule has 0 unspecified atom stereocenters. The maximum absolute atomic E-state index is 11.5. The average Bonchev–Trinajstić information content (AvgIpc) is 3.48. The van der Waals surface area contributed by atoms with Crippen LogP contribution in [0.4, 0.5) is 17.5 Å². The second-order valence-electron chi connectivity index (χ2n) is 11.1. The third-order valence-electron chi connectivity index (χ3n) is 7.76. The Balaban J connectivity index is 0.000000218. The number of hydrogen-bond donors (Lipinski definition) is 3. The highest BCUT2D eigenvalue weighted by molar-refractivity contribution is 9.10. The molecule has 4 N–H and O–H groups in total. The molecule has 6 rings (SSSR count). The van der Waals surface area contributed by atoms with Crippen LogP contribution in [-0.4, -0.2) is 48.1 Å². The molecule has 0 saturated heterocycles. The Hall–Kier alpha value is -3.74. The van der Waals surface area contributed by atoms with E-state index in [0.717, 1.165) is 39.1 Å². The molecule has 2 aromatic heterocycles. The molecule has 246 valence electrons. The first-order valence-corrected chi connectivity index (χ1v) is 18.2. The number of aromatic nitrogens is 4. The fraction of sp³-hybridized carbons (Fsp3) is 0.382. The number of fused-ring (bicyclic) bond motifs is 2. The maximum Gasteiger partial charge on any atom is 0.238 e. The second kappa shape index (κ2) is 16.2. The monoisotopic (exact) mass is 708 g/mol. The Bertz CT molecular complexity index is 1840. The Labute approximate surface area is 281 Å². The van der Waals surface area contributed by atoms with E-state index in [9.17, 15) is 8.42 Å². The number of benzene rings is 3. The van der Waals surface area contributed by atoms with Crippen LogP contribution in [0.15, 0.2) is 76.4 Å². The number of primary sulfonamides is 1. The van der Waals surface area contributed by atoms with Crippen molar-refractivity contribution in [1.29, 1.82) is 0 Å². The molecule has 0 radical (unpaired) electrons. The van der Waals surface area contributed by atoms with Crippen LogP contribution in [0.5, 0.6) is 0 Å². The van der Waals surface area contributed by atoms with Gasteiger partial charge in [-0.25, -0.2) is 18.5 Å². The Morgan fingerprint density at radius 3 is 2.28 bits per heavy atom. The van der Waals surface area contributed by atoms with Crippen molar-refractivity contribution < 1.29 is 8.42 Å². The largest absolute Gasteiger partial charge is 0.377 e. The first-order valence-electron chi connectivity index (χ1n) is 15.8. The van der Waals surface area contributed by atoms with Gasteiger partial charge in [-0.05, 0) is 49.6 Å². The lowest BCUT2D eigenvalue weighted by Crippen LogP contribution is -2.23. The fourth-order valence-electron chi connectivity index (χ4n) is 5.48. The quantitative estimate of drug-likeness (QED) is 0.151. The third kappa shape index (κ3) is 8.74. The molecule has 0 bridgehead atoms. The van der Waals surface area contributed by atoms with Crippen LogP contribution in [0.2, 0.25) is 0 Å². The van der Waals surface area contributed by atoms with Gasteiger partial charge in [-0.3, -0.25) is 0 Å². The summed E-state index contributed by atoms with van der Waals surface area (Å²) in [6, 6.07) is 19.4. The number of nitrogens with zero attached hydrogens (tertiary/aromatic N) is 5. The van der Waals surface area contributed by atoms with E-state index in [4.69, 9.17) is 15.1 Å². The first kappa shape index (κ1) is 35.1. The summed E-state index contributed by atoms with van der Waals surface area (Å²) < 4.78 is 26.1. The fourth-order valence-corrected chi connectivity index (χ4v) is 6.50. The van der Waals surface area contributed by atoms with Crippen molar-refractivity contribution in [1.82, 2.24) is 19.5 Å². The smallest absolute Gasteiger partial charge is 0.238 e. The van der Waals surface area contributed by atoms with Gasteiger partial charge in [0.2, 0.25) is 16.0 Å². The summed E-state index contributed by atoms with van der Waals surface area (Å²) >= 11 is 3.48. The highest BCUT2D eigenvalue weighted by Crippen LogP contribution is 2.29. The van der Waals surface area contributed by atoms with Crippen molar-refractivity contribution in [2.75, 3.05) is 29.6 Å². The third-order valence-corrected chi connectivity index (χ3v) is 9.26. The highest BCUT2D eigenvalue weighted by Gasteiger charge is 2.18. The van der Waals surface area contributed by atoms with E-state index >= 15 is 0 Å². The van der Waals surface area contributed by atoms with E-state index in [1.165, 1.54) is 43.7 Å². The van der Waals surface area contributed by atoms with Crippen LogP contribution < -0.4 is 20.7 Å². The molecule has 5 aromatic rings. The predicted molar refractivity (Wildman–Crippen MR) is 194 cm³/mol. The standard InChI is InChI=1S/C20H25BrN6.C12H14N2O2S.C2H6/c1-2-27-13-23-17-18(22-12-14-8-10-15(21)11-9-14)25-20(26-19(17)27)24-16-6-4-3-5-7-16;1-14(2)11-7-3-6-10-9(11)5-4-8-12(10)17(13,15)16;1-2/h8-11,13,16H,2-7,12H2,1H3,(H2,22,24,25,26);3-8H,1-2H3,(H2,13,15,16);1-2H3. The summed E-state index contributed by atoms with van der Waals surface area (Å²) in [5, 5.41) is 13.7. The van der Waals surface area contributed by atoms with Crippen LogP contribution in [-0.2, 0) is 23.1 Å². The zero-order chi connectivity index (χ0) is 33.3. The summed E-state index contributed by atoms with van der Waals surface area (Å²) in [6.07, 6.45) is 8.12. The van der Waals surface area contributed by atoms with E-state index < -0.39 is 10.0 Å². The van der Waals surface area contributed by atoms with E-state index in [1.54, 1.807) is 12.1 Å². The number of imidazole rings is 1. The molecule has 46 heavy (non-hydrogen) atoms. The van der Waals surface area contributed by atoms with Gasteiger partial charge in [0.05, 0.1) is 11.2 Å². The predicted octanol–water partition coefficient (Wildman–Crippen LogP) is 7.54. The number of hydrogen-bond acceptors (Lipinski definition) is 8. The summed E-state index contributed by atoms with van der Waals surface area (Å²) in [6.45, 7) is 7.64. The van der Waals surface area contributed by atoms with Gasteiger partial charge in [-0.2, -0.15) is 9.97 Å². The van der Waals surface area contributed by atoms with Gasteiger partial charge in [0.15, 0.2) is 17.0 Å². The second-order valence-corrected chi connectivity index (χ2v) is 13.6. The summed E-state index contributed by atoms with van der Waals surface area (Å²) in [5.74, 6) is 1.48. The lowest BCUT2D eigenvalue weighted by Gasteiger charge is -2.23. The Morgan fingerprint density at radius 2 is 1.63 bits per heavy atom. The van der Waals surface area contributed by atoms with E-state index in [2.05, 4.69) is 67.3 Å². The summed E-state index contributed by atoms with van der Waals surface area (Å²) in [5.41, 5.74) is 3.86. The van der Waals surface area contributed by atoms with E-state index in [1.807, 2.05) is 57.4 Å². The minimum absolute atomic E-state index is 0.165. The molecule has 3 aromatic carbocycles. The van der Waals surface area contributed by atoms with Gasteiger partial charge < -0.3 is 20.1 Å². The van der Waals surface area contributed by atoms with Crippen LogP contribution in [0.3, 0.4) is 0 Å². The van der Waals surface area contributed by atoms with E-state index in [0.29, 0.717) is 23.9 Å². The normalized spacial score (nSPS) is 13.4. The van der Waals surface area contributed by atoms with Gasteiger partial charge >= 0.3 is 0 Å². The Kier molecular flexibility index (Phi) is 12.4. The van der Waals surface area contributed by atoms with Crippen LogP contribution in [0.25, 0.3) is 21.9 Å². The van der Waals surface area contributed by atoms with Crippen LogP contribution in [0.1, 0.15) is 58.4 Å². The first-order chi connectivity index (χ1) is 22.1. The van der Waals surface area contributed by atoms with Crippen molar-refractivity contribution in [3.8, 4) is 0 Å². The summed E-state index contributed by atoms with van der Waals surface area (Å²) in [4.78, 5) is 16.2. The number of nitrogens with two attached hydrogens (primary N) is 1.